The fraction of sp³-hybridized carbons (Fsp3) is 0.460. The van der Waals surface area contributed by atoms with Crippen LogP contribution < -0.4 is 16.2 Å². The molecule has 11 N–H and O–H groups in total. The summed E-state index contributed by atoms with van der Waals surface area (Å²) in [6.07, 6.45) is 9.82. The summed E-state index contributed by atoms with van der Waals surface area (Å²) >= 11 is 0. The van der Waals surface area contributed by atoms with E-state index in [1.807, 2.05) is 24.3 Å². The maximum absolute atomic E-state index is 14.4. The van der Waals surface area contributed by atoms with Gasteiger partial charge in [-0.05, 0) is 156 Å². The Hall–Kier alpha value is -4.64. The van der Waals surface area contributed by atoms with Gasteiger partial charge in [0.25, 0.3) is 0 Å². The molecule has 9 atom stereocenters. The van der Waals surface area contributed by atoms with Gasteiger partial charge < -0.3 is 51.8 Å². The predicted octanol–water partition coefficient (Wildman–Crippen LogP) is 9.85. The molecule has 11 bridgehead atoms. The number of aromatic nitrogens is 1. The second kappa shape index (κ2) is 25.7. The lowest BCUT2D eigenvalue weighted by atomic mass is 9.72. The number of H-pyrrole nitrogens is 1. The molecule has 16 heteroatoms. The lowest BCUT2D eigenvalue weighted by Crippen LogP contribution is -2.37. The summed E-state index contributed by atoms with van der Waals surface area (Å²) in [6.45, 7) is -0.119. The largest absolute Gasteiger partial charge is 0.508 e. The van der Waals surface area contributed by atoms with Crippen LogP contribution in [-0.4, -0.2) is 96.0 Å². The highest BCUT2D eigenvalue weighted by Crippen LogP contribution is 2.57. The average Bonchev–Trinajstić information content (AvgIpc) is 4.15. The van der Waals surface area contributed by atoms with Crippen LogP contribution in [0.3, 0.4) is 0 Å². The van der Waals surface area contributed by atoms with Crippen molar-refractivity contribution in [1.29, 1.82) is 0 Å². The summed E-state index contributed by atoms with van der Waals surface area (Å²) in [7, 11) is 6.77. The number of aromatic hydroxyl groups is 2. The van der Waals surface area contributed by atoms with E-state index in [9.17, 15) is 40.2 Å². The predicted molar refractivity (Wildman–Crippen MR) is 318 cm³/mol. The van der Waals surface area contributed by atoms with Crippen LogP contribution in [-0.2, 0) is 36.2 Å². The third kappa shape index (κ3) is 13.3. The Morgan fingerprint density at radius 3 is 2.47 bits per heavy atom. The van der Waals surface area contributed by atoms with Crippen molar-refractivity contribution < 1.29 is 45.0 Å². The number of nitrogens with one attached hydrogen (secondary N) is 1. The van der Waals surface area contributed by atoms with Crippen LogP contribution in [0.15, 0.2) is 97.2 Å². The van der Waals surface area contributed by atoms with E-state index < -0.39 is 29.2 Å². The number of aliphatic hydroxyl groups is 4. The topological polar surface area (TPSA) is 233 Å². The zero-order chi connectivity index (χ0) is 55.3. The van der Waals surface area contributed by atoms with Crippen molar-refractivity contribution in [2.75, 3.05) is 37.1 Å². The van der Waals surface area contributed by atoms with Gasteiger partial charge >= 0.3 is 0 Å². The molecule has 1 spiro atoms. The number of carbonyl (C=O) groups is 2. The highest BCUT2D eigenvalue weighted by molar-refractivity contribution is 8.77. The van der Waals surface area contributed by atoms with E-state index in [1.165, 1.54) is 11.1 Å². The van der Waals surface area contributed by atoms with Crippen LogP contribution in [0, 0.1) is 40.9 Å². The number of ether oxygens (including phenoxy) is 1. The first-order valence-electron chi connectivity index (χ1n) is 27.8. The van der Waals surface area contributed by atoms with E-state index in [1.54, 1.807) is 85.8 Å². The number of hydrogen-bond donors (Lipinski definition) is 9. The summed E-state index contributed by atoms with van der Waals surface area (Å²) < 4.78 is 6.22. The summed E-state index contributed by atoms with van der Waals surface area (Å²) in [5, 5.41) is 68.3. The van der Waals surface area contributed by atoms with E-state index in [4.69, 9.17) is 16.2 Å². The van der Waals surface area contributed by atoms with Crippen LogP contribution in [0.5, 0.6) is 17.2 Å². The van der Waals surface area contributed by atoms with Crippen molar-refractivity contribution >= 4 is 54.7 Å². The molecule has 2 aliphatic heterocycles. The van der Waals surface area contributed by atoms with Gasteiger partial charge in [-0.2, -0.15) is 0 Å². The zero-order valence-electron chi connectivity index (χ0n) is 44.5. The lowest BCUT2D eigenvalue weighted by molar-refractivity contribution is -0.114. The highest BCUT2D eigenvalue weighted by atomic mass is 33.1. The molecule has 0 unspecified atom stereocenters. The third-order valence-corrected chi connectivity index (χ3v) is 22.6. The SMILES string of the molecule is NC(N)c1cc2c3cc1CSSC[C@H]1C[C@]4(/C=C/C(=O)CCc5ccc(O)c(c5)OCCc5ccc(O)c(c5)[C@H]3CC(=O)c3cc[nH]c3CC#C2)CC[C@@H](C[C@H](O)CO)[C@@H]2Cc3ccccc3[C@H](CO)[C@@H](CSSC[C@@]1(O)C4)C2. The molecule has 3 heterocycles. The molecule has 3 aliphatic carbocycles. The van der Waals surface area contributed by atoms with Crippen molar-refractivity contribution in [1.82, 2.24) is 4.98 Å². The second-order valence-electron chi connectivity index (χ2n) is 22.7. The number of phenolic OH excluding ortho intramolecular Hbond substituents is 2. The molecule has 12 nitrogen and oxygen atoms in total. The molecule has 1 saturated heterocycles. The van der Waals surface area contributed by atoms with Crippen molar-refractivity contribution in [2.45, 2.75) is 113 Å². The molecule has 79 heavy (non-hydrogen) atoms. The van der Waals surface area contributed by atoms with E-state index in [0.29, 0.717) is 91.1 Å². The number of rotatable bonds is 5. The monoisotopic (exact) mass is 1140 g/mol. The molecule has 1 saturated carbocycles. The van der Waals surface area contributed by atoms with Crippen molar-refractivity contribution in [3.05, 3.63) is 159 Å². The molecule has 0 radical (unpaired) electrons. The van der Waals surface area contributed by atoms with E-state index in [2.05, 4.69) is 47.2 Å². The van der Waals surface area contributed by atoms with Crippen LogP contribution >= 0.6 is 43.2 Å². The number of nitrogens with two attached hydrogens (primary N) is 2. The maximum Gasteiger partial charge on any atom is 0.165 e. The van der Waals surface area contributed by atoms with Gasteiger partial charge in [-0.3, -0.25) is 9.59 Å². The van der Waals surface area contributed by atoms with E-state index >= 15 is 0 Å². The Balaban J connectivity index is 1.02. The normalized spacial score (nSPS) is 27.8. The number of Topliss-reactive ketones (excluding diaryl/α,β-unsaturated/α-hetero) is 1. The maximum atomic E-state index is 14.4. The number of carbonyl (C=O) groups excluding carboxylic acids is 2. The number of aryl methyl sites for hydroxylation is 1. The van der Waals surface area contributed by atoms with Gasteiger partial charge in [0.2, 0.25) is 0 Å². The number of fused-ring (bicyclic) bond motifs is 13. The number of aromatic amines is 1. The minimum Gasteiger partial charge on any atom is -0.508 e. The molecule has 1 aromatic heterocycles. The van der Waals surface area contributed by atoms with Gasteiger partial charge in [0, 0.05) is 82.7 Å². The summed E-state index contributed by atoms with van der Waals surface area (Å²) in [6, 6.07) is 24.8. The molecular formula is C63H73N3O9S4. The Morgan fingerprint density at radius 2 is 1.65 bits per heavy atom. The van der Waals surface area contributed by atoms with Gasteiger partial charge in [-0.1, -0.05) is 110 Å². The third-order valence-electron chi connectivity index (χ3n) is 17.6. The van der Waals surface area contributed by atoms with Crippen LogP contribution in [0.25, 0.3) is 0 Å². The fourth-order valence-corrected chi connectivity index (χ4v) is 18.8. The molecule has 5 aromatic rings. The Kier molecular flexibility index (Phi) is 18.7. The molecule has 10 rings (SSSR count). The van der Waals surface area contributed by atoms with Crippen molar-refractivity contribution in [2.24, 2.45) is 40.6 Å². The number of phenols is 2. The first kappa shape index (κ1) is 57.6. The summed E-state index contributed by atoms with van der Waals surface area (Å²) in [4.78, 5) is 31.7. The first-order valence-corrected chi connectivity index (χ1v) is 32.7. The van der Waals surface area contributed by atoms with Crippen LogP contribution in [0.4, 0.5) is 0 Å². The Bertz CT molecular complexity index is 3100. The molecule has 5 aliphatic rings. The standard InChI is InChI=1S/C63H73N3O9S4/c64-61(65)52-27-42-5-3-7-56-50(16-20-66-56)59(73)29-53-51(42)28-45(52)34-76-78-35-46-30-62(19-15-47(69)11-8-38-10-13-58(72)60(23-38)75-21-17-39-9-12-57(71)54(53)22-39)18-14-40(26-48(70)31-67)43-24-41-4-1-2-6-49(41)55(32-68)44(25-43)33-77-79-37-63(46,74)36-62/h1-2,4,6,9-10,12-13,15-16,19-20,22-23,27-28,40,43-44,46,48,53,55,61,66-68,70-72,74H,7-8,11,14,17-18,21,24-26,29-37,64-65H2/b19-15+/t40-,43+,44+,46+,48-,53-,55+,62+,63-/m0/s1. The number of hydrogen-bond acceptors (Lipinski definition) is 15. The van der Waals surface area contributed by atoms with Crippen molar-refractivity contribution in [3.8, 4) is 29.1 Å². The minimum absolute atomic E-state index is 0.0201. The molecule has 2 fully saturated rings. The summed E-state index contributed by atoms with van der Waals surface area (Å²) in [5.41, 5.74) is 20.5. The summed E-state index contributed by atoms with van der Waals surface area (Å²) in [5.74, 6) is 8.74. The van der Waals surface area contributed by atoms with Gasteiger partial charge in [-0.15, -0.1) is 0 Å². The van der Waals surface area contributed by atoms with Gasteiger partial charge in [-0.25, -0.2) is 0 Å². The molecular weight excluding hydrogens is 1070 g/mol. The average molecular weight is 1140 g/mol. The van der Waals surface area contributed by atoms with E-state index in [0.717, 1.165) is 52.1 Å². The second-order valence-corrected chi connectivity index (χ2v) is 27.8. The number of ketones is 2. The molecule has 4 aromatic carbocycles. The van der Waals surface area contributed by atoms with E-state index in [-0.39, 0.29) is 85.3 Å². The quantitative estimate of drug-likeness (QED) is 0.0453. The number of aliphatic hydroxyl groups excluding tert-OH is 3. The highest BCUT2D eigenvalue weighted by Gasteiger charge is 2.53. The van der Waals surface area contributed by atoms with Gasteiger partial charge in [0.15, 0.2) is 23.1 Å². The van der Waals surface area contributed by atoms with Crippen LogP contribution in [0.1, 0.15) is 135 Å². The smallest absolute Gasteiger partial charge is 0.165 e. The van der Waals surface area contributed by atoms with Crippen LogP contribution in [0.2, 0.25) is 0 Å². The zero-order valence-corrected chi connectivity index (χ0v) is 47.8. The van der Waals surface area contributed by atoms with Gasteiger partial charge in [0.1, 0.15) is 5.75 Å². The lowest BCUT2D eigenvalue weighted by Gasteiger charge is -2.34. The molecule has 418 valence electrons. The Labute approximate surface area is 479 Å². The molecule has 0 amide bonds. The number of benzene rings is 4. The fourth-order valence-electron chi connectivity index (χ4n) is 13.3. The Morgan fingerprint density at radius 1 is 0.835 bits per heavy atom. The van der Waals surface area contributed by atoms with Crippen molar-refractivity contribution in [3.63, 3.8) is 0 Å². The van der Waals surface area contributed by atoms with Gasteiger partial charge in [0.05, 0.1) is 44.1 Å². The minimum atomic E-state index is -1.10. The number of allylic oxidation sites excluding steroid dienone is 2. The first-order chi connectivity index (χ1) is 38.2.